The molecule has 22 heavy (non-hydrogen) atoms. The van der Waals surface area contributed by atoms with Crippen molar-refractivity contribution in [1.29, 1.82) is 0 Å². The van der Waals surface area contributed by atoms with Crippen molar-refractivity contribution in [3.8, 4) is 0 Å². The minimum absolute atomic E-state index is 0.836. The summed E-state index contributed by atoms with van der Waals surface area (Å²) in [6, 6.07) is -3.92. The molecule has 3 atom stereocenters. The summed E-state index contributed by atoms with van der Waals surface area (Å²) in [5.41, 5.74) is 0. The molecule has 3 amide bonds. The number of rotatable bonds is 6. The van der Waals surface area contributed by atoms with E-state index >= 15 is 0 Å². The van der Waals surface area contributed by atoms with Gasteiger partial charge in [0.15, 0.2) is 0 Å². The van der Waals surface area contributed by atoms with Crippen LogP contribution < -0.4 is 16.0 Å². The number of carbonyl (C=O) groups excluding carboxylic acids is 3. The van der Waals surface area contributed by atoms with E-state index in [9.17, 15) is 32.3 Å². The summed E-state index contributed by atoms with van der Waals surface area (Å²) in [5.74, 6) is -5.44. The fourth-order valence-corrected chi connectivity index (χ4v) is 1.15. The van der Waals surface area contributed by atoms with Crippen molar-refractivity contribution in [2.24, 2.45) is 0 Å². The largest absolute Gasteiger partial charge is 0.480 e. The van der Waals surface area contributed by atoms with E-state index in [0.29, 0.717) is 0 Å². The Labute approximate surface area is 123 Å². The highest BCUT2D eigenvalue weighted by atomic mass is 19.4. The molecule has 0 radical (unpaired) electrons. The number of hydrogen-bond donors (Lipinski definition) is 4. The van der Waals surface area contributed by atoms with Crippen molar-refractivity contribution in [1.82, 2.24) is 16.0 Å². The van der Waals surface area contributed by atoms with Gasteiger partial charge in [-0.15, -0.1) is 0 Å². The highest BCUT2D eigenvalue weighted by Crippen LogP contribution is 2.14. The zero-order chi connectivity index (χ0) is 17.7. The van der Waals surface area contributed by atoms with Crippen molar-refractivity contribution < 1.29 is 37.5 Å². The third-order valence-electron chi connectivity index (χ3n) is 2.48. The molecule has 0 spiro atoms. The molecule has 0 aromatic rings. The molecule has 0 saturated heterocycles. The van der Waals surface area contributed by atoms with E-state index in [2.05, 4.69) is 10.6 Å². The van der Waals surface area contributed by atoms with Gasteiger partial charge in [-0.05, 0) is 20.8 Å². The van der Waals surface area contributed by atoms with Crippen molar-refractivity contribution in [2.75, 3.05) is 0 Å². The van der Waals surface area contributed by atoms with E-state index in [1.807, 2.05) is 0 Å². The Morgan fingerprint density at radius 2 is 1.18 bits per heavy atom. The van der Waals surface area contributed by atoms with E-state index in [1.54, 1.807) is 0 Å². The number of carboxylic acids is 1. The van der Waals surface area contributed by atoms with Crippen LogP contribution in [0.4, 0.5) is 13.2 Å². The van der Waals surface area contributed by atoms with Crippen LogP contribution in [0.1, 0.15) is 20.8 Å². The van der Waals surface area contributed by atoms with Gasteiger partial charge >= 0.3 is 18.1 Å². The van der Waals surface area contributed by atoms with Crippen molar-refractivity contribution in [3.05, 3.63) is 0 Å². The van der Waals surface area contributed by atoms with Crippen LogP contribution in [0.25, 0.3) is 0 Å². The Balaban J connectivity index is 4.49. The van der Waals surface area contributed by atoms with Gasteiger partial charge in [0.2, 0.25) is 11.8 Å². The Hall–Kier alpha value is -2.33. The van der Waals surface area contributed by atoms with Gasteiger partial charge in [-0.25, -0.2) is 0 Å². The molecule has 4 N–H and O–H groups in total. The fourth-order valence-electron chi connectivity index (χ4n) is 1.15. The molecule has 0 bridgehead atoms. The minimum atomic E-state index is -5.13. The lowest BCUT2D eigenvalue weighted by Gasteiger charge is -2.19. The predicted octanol–water partition coefficient (Wildman–Crippen LogP) is -0.853. The van der Waals surface area contributed by atoms with E-state index < -0.39 is 48.0 Å². The van der Waals surface area contributed by atoms with E-state index in [-0.39, 0.29) is 0 Å². The Bertz CT molecular complexity index is 466. The summed E-state index contributed by atoms with van der Waals surface area (Å²) in [4.78, 5) is 44.3. The molecule has 0 aromatic heterocycles. The summed E-state index contributed by atoms with van der Waals surface area (Å²) in [7, 11) is 0. The quantitative estimate of drug-likeness (QED) is 0.506. The standard InChI is InChI=1S/C11H16F3N3O5/c1-4(7(18)16-6(3)9(20)21)15-8(19)5(2)17-10(22)11(12,13)14/h4-6H,1-3H3,(H,15,19)(H,16,18)(H,17,22)(H,20,21)/t4-,5-,6-/m0/s1. The van der Waals surface area contributed by atoms with Crippen LogP contribution in [0, 0.1) is 0 Å². The molecule has 0 fully saturated rings. The number of carboxylic acid groups (broad SMARTS) is 1. The zero-order valence-corrected chi connectivity index (χ0v) is 11.9. The summed E-state index contributed by atoms with van der Waals surface area (Å²) < 4.78 is 36.1. The normalized spacial score (nSPS) is 15.2. The van der Waals surface area contributed by atoms with Crippen LogP contribution in [0.5, 0.6) is 0 Å². The molecule has 8 nitrogen and oxygen atoms in total. The van der Waals surface area contributed by atoms with Gasteiger partial charge in [-0.1, -0.05) is 0 Å². The van der Waals surface area contributed by atoms with E-state index in [4.69, 9.17) is 5.11 Å². The first-order chi connectivity index (χ1) is 9.86. The van der Waals surface area contributed by atoms with Gasteiger partial charge in [0.1, 0.15) is 18.1 Å². The second kappa shape index (κ2) is 7.61. The number of nitrogens with one attached hydrogen (secondary N) is 3. The highest BCUT2D eigenvalue weighted by Gasteiger charge is 2.40. The molecule has 0 aliphatic rings. The molecule has 0 aliphatic carbocycles. The van der Waals surface area contributed by atoms with Crippen LogP contribution in [0.3, 0.4) is 0 Å². The zero-order valence-electron chi connectivity index (χ0n) is 11.9. The smallest absolute Gasteiger partial charge is 0.471 e. The van der Waals surface area contributed by atoms with Crippen molar-refractivity contribution >= 4 is 23.7 Å². The number of halogens is 3. The Morgan fingerprint density at radius 1 is 0.818 bits per heavy atom. The van der Waals surface area contributed by atoms with Gasteiger partial charge in [0.05, 0.1) is 0 Å². The first kappa shape index (κ1) is 19.7. The summed E-state index contributed by atoms with van der Waals surface area (Å²) in [5, 5.41) is 14.1. The molecule has 11 heteroatoms. The number of alkyl halides is 3. The summed E-state index contributed by atoms with van der Waals surface area (Å²) >= 11 is 0. The molecule has 0 saturated carbocycles. The molecule has 0 unspecified atom stereocenters. The Kier molecular flexibility index (Phi) is 6.81. The van der Waals surface area contributed by atoms with Crippen LogP contribution >= 0.6 is 0 Å². The molecular formula is C11H16F3N3O5. The van der Waals surface area contributed by atoms with Gasteiger partial charge in [-0.3, -0.25) is 19.2 Å². The molecule has 0 rings (SSSR count). The molecule has 0 aromatic carbocycles. The summed E-state index contributed by atoms with van der Waals surface area (Å²) in [6.07, 6.45) is -5.13. The predicted molar refractivity (Wildman–Crippen MR) is 66.5 cm³/mol. The molecule has 0 aliphatic heterocycles. The molecule has 126 valence electrons. The highest BCUT2D eigenvalue weighted by molar-refractivity contribution is 5.93. The molecular weight excluding hydrogens is 311 g/mol. The number of amides is 3. The van der Waals surface area contributed by atoms with Crippen molar-refractivity contribution in [3.63, 3.8) is 0 Å². The van der Waals surface area contributed by atoms with Gasteiger partial charge < -0.3 is 21.1 Å². The minimum Gasteiger partial charge on any atom is -0.480 e. The van der Waals surface area contributed by atoms with Gasteiger partial charge in [0.25, 0.3) is 0 Å². The SMILES string of the molecule is C[C@H](NC(=O)[C@H](C)NC(=O)[C@H](C)NC(=O)C(F)(F)F)C(=O)O. The Morgan fingerprint density at radius 3 is 1.55 bits per heavy atom. The lowest BCUT2D eigenvalue weighted by Crippen LogP contribution is -2.54. The fraction of sp³-hybridized carbons (Fsp3) is 0.636. The number of carbonyl (C=O) groups is 4. The number of hydrogen-bond acceptors (Lipinski definition) is 4. The van der Waals surface area contributed by atoms with Crippen LogP contribution in [-0.4, -0.2) is 53.1 Å². The monoisotopic (exact) mass is 327 g/mol. The average Bonchev–Trinajstić information content (AvgIpc) is 2.36. The second-order valence-electron chi connectivity index (χ2n) is 4.49. The molecule has 0 heterocycles. The average molecular weight is 327 g/mol. The maximum Gasteiger partial charge on any atom is 0.471 e. The van der Waals surface area contributed by atoms with Crippen molar-refractivity contribution in [2.45, 2.75) is 45.1 Å². The maximum atomic E-state index is 12.0. The van der Waals surface area contributed by atoms with E-state index in [0.717, 1.165) is 6.92 Å². The van der Waals surface area contributed by atoms with Crippen LogP contribution in [-0.2, 0) is 19.2 Å². The lowest BCUT2D eigenvalue weighted by atomic mass is 10.2. The number of aliphatic carboxylic acids is 1. The maximum absolute atomic E-state index is 12.0. The summed E-state index contributed by atoms with van der Waals surface area (Å²) in [6.45, 7) is 3.41. The van der Waals surface area contributed by atoms with Gasteiger partial charge in [0, 0.05) is 0 Å². The first-order valence-electron chi connectivity index (χ1n) is 6.07. The van der Waals surface area contributed by atoms with Crippen LogP contribution in [0.15, 0.2) is 0 Å². The third kappa shape index (κ3) is 6.41. The van der Waals surface area contributed by atoms with Gasteiger partial charge in [-0.2, -0.15) is 13.2 Å². The van der Waals surface area contributed by atoms with Crippen LogP contribution in [0.2, 0.25) is 0 Å². The first-order valence-corrected chi connectivity index (χ1v) is 6.07. The topological polar surface area (TPSA) is 125 Å². The van der Waals surface area contributed by atoms with E-state index in [1.165, 1.54) is 19.2 Å². The third-order valence-corrected chi connectivity index (χ3v) is 2.48. The lowest BCUT2D eigenvalue weighted by molar-refractivity contribution is -0.174. The second-order valence-corrected chi connectivity index (χ2v) is 4.49.